The van der Waals surface area contributed by atoms with Gasteiger partial charge >= 0.3 is 5.69 Å². The molecule has 0 radical (unpaired) electrons. The maximum atomic E-state index is 13.4. The number of fused-ring (bicyclic) bond motifs is 1. The molecule has 0 unspecified atom stereocenters. The van der Waals surface area contributed by atoms with Crippen molar-refractivity contribution in [1.29, 1.82) is 0 Å². The van der Waals surface area contributed by atoms with E-state index in [0.29, 0.717) is 39.1 Å². The second-order valence-electron chi connectivity index (χ2n) is 10.7. The van der Waals surface area contributed by atoms with E-state index in [1.807, 2.05) is 4.57 Å². The third kappa shape index (κ3) is 5.31. The van der Waals surface area contributed by atoms with Crippen LogP contribution < -0.4 is 11.2 Å². The largest absolute Gasteiger partial charge is 0.332 e. The first-order chi connectivity index (χ1) is 20.3. The zero-order chi connectivity index (χ0) is 29.4. The maximum absolute atomic E-state index is 13.4. The molecular formula is C32H32Cl2N6O2. The average Bonchev–Trinajstić information content (AvgIpc) is 3.36. The molecule has 0 spiro atoms. The first-order valence-corrected chi connectivity index (χ1v) is 14.7. The average molecular weight is 604 g/mol. The summed E-state index contributed by atoms with van der Waals surface area (Å²) in [5.74, 6) is 0.690. The van der Waals surface area contributed by atoms with Crippen LogP contribution in [0.5, 0.6) is 0 Å². The van der Waals surface area contributed by atoms with Crippen LogP contribution in [0.2, 0.25) is 10.0 Å². The van der Waals surface area contributed by atoms with E-state index >= 15 is 0 Å². The second kappa shape index (κ2) is 11.9. The van der Waals surface area contributed by atoms with Gasteiger partial charge < -0.3 is 4.57 Å². The molecule has 0 saturated carbocycles. The fourth-order valence-electron chi connectivity index (χ4n) is 5.89. The van der Waals surface area contributed by atoms with Crippen molar-refractivity contribution in [2.75, 3.05) is 26.2 Å². The van der Waals surface area contributed by atoms with Crippen LogP contribution in [0.1, 0.15) is 28.6 Å². The molecule has 216 valence electrons. The number of aryl methyl sites for hydroxylation is 1. The van der Waals surface area contributed by atoms with Crippen molar-refractivity contribution in [3.8, 4) is 0 Å². The third-order valence-corrected chi connectivity index (χ3v) is 8.88. The van der Waals surface area contributed by atoms with E-state index < -0.39 is 11.2 Å². The summed E-state index contributed by atoms with van der Waals surface area (Å²) >= 11 is 13.1. The molecule has 1 saturated heterocycles. The zero-order valence-electron chi connectivity index (χ0n) is 23.6. The Morgan fingerprint density at radius 2 is 1.31 bits per heavy atom. The van der Waals surface area contributed by atoms with Gasteiger partial charge in [-0.1, -0.05) is 89.9 Å². The highest BCUT2D eigenvalue weighted by molar-refractivity contribution is 6.36. The van der Waals surface area contributed by atoms with Crippen LogP contribution in [0.3, 0.4) is 0 Å². The molecule has 0 amide bonds. The Hall–Kier alpha value is -3.69. The van der Waals surface area contributed by atoms with Crippen LogP contribution in [0.15, 0.2) is 88.5 Å². The number of rotatable bonds is 7. The van der Waals surface area contributed by atoms with Gasteiger partial charge in [-0.15, -0.1) is 0 Å². The lowest BCUT2D eigenvalue weighted by molar-refractivity contribution is 0.102. The summed E-state index contributed by atoms with van der Waals surface area (Å²) in [6, 6.07) is 26.8. The minimum absolute atomic E-state index is 0.166. The highest BCUT2D eigenvalue weighted by Gasteiger charge is 2.28. The number of imidazole rings is 1. The van der Waals surface area contributed by atoms with E-state index in [1.54, 1.807) is 25.2 Å². The van der Waals surface area contributed by atoms with Crippen molar-refractivity contribution in [2.24, 2.45) is 14.1 Å². The standard InChI is InChI=1S/C32H32Cl2N6O2/c1-36-30-29(31(41)37(2)32(36)42)40(20-24-25(33)14-9-15-26(24)34)27(35-30)21-38-16-18-39(19-17-38)28(22-10-5-3-6-11-22)23-12-7-4-8-13-23/h3-15,28H,16-21H2,1-2H3. The lowest BCUT2D eigenvalue weighted by Crippen LogP contribution is -2.47. The number of piperazine rings is 1. The quantitative estimate of drug-likeness (QED) is 0.270. The van der Waals surface area contributed by atoms with Crippen molar-refractivity contribution in [2.45, 2.75) is 19.1 Å². The Balaban J connectivity index is 1.32. The molecule has 8 nitrogen and oxygen atoms in total. The van der Waals surface area contributed by atoms with Gasteiger partial charge in [0.15, 0.2) is 11.2 Å². The molecule has 0 bridgehead atoms. The molecule has 0 aliphatic carbocycles. The predicted molar refractivity (Wildman–Crippen MR) is 167 cm³/mol. The van der Waals surface area contributed by atoms with Gasteiger partial charge in [-0.05, 0) is 23.3 Å². The molecular weight excluding hydrogens is 571 g/mol. The molecule has 2 aromatic heterocycles. The zero-order valence-corrected chi connectivity index (χ0v) is 25.1. The molecule has 10 heteroatoms. The fourth-order valence-corrected chi connectivity index (χ4v) is 6.41. The minimum atomic E-state index is -0.416. The molecule has 42 heavy (non-hydrogen) atoms. The normalized spacial score (nSPS) is 14.7. The summed E-state index contributed by atoms with van der Waals surface area (Å²) in [6.45, 7) is 4.16. The van der Waals surface area contributed by atoms with Crippen molar-refractivity contribution in [3.05, 3.63) is 132 Å². The lowest BCUT2D eigenvalue weighted by Gasteiger charge is -2.39. The molecule has 1 fully saturated rings. The van der Waals surface area contributed by atoms with E-state index in [0.717, 1.165) is 30.7 Å². The van der Waals surface area contributed by atoms with Gasteiger partial charge in [-0.25, -0.2) is 9.78 Å². The van der Waals surface area contributed by atoms with Crippen LogP contribution in [0.25, 0.3) is 11.2 Å². The van der Waals surface area contributed by atoms with Gasteiger partial charge in [0.05, 0.1) is 19.1 Å². The molecule has 1 aliphatic heterocycles. The summed E-state index contributed by atoms with van der Waals surface area (Å²) < 4.78 is 4.41. The van der Waals surface area contributed by atoms with Crippen molar-refractivity contribution >= 4 is 34.4 Å². The Morgan fingerprint density at radius 3 is 1.88 bits per heavy atom. The SMILES string of the molecule is Cn1c(=O)c2c(nc(CN3CCN(C(c4ccccc4)c4ccccc4)CC3)n2Cc2c(Cl)cccc2Cl)n(C)c1=O. The predicted octanol–water partition coefficient (Wildman–Crippen LogP) is 4.70. The van der Waals surface area contributed by atoms with Crippen molar-refractivity contribution < 1.29 is 0 Å². The second-order valence-corrected chi connectivity index (χ2v) is 11.5. The summed E-state index contributed by atoms with van der Waals surface area (Å²) in [6.07, 6.45) is 0. The molecule has 6 rings (SSSR count). The molecule has 3 aromatic carbocycles. The van der Waals surface area contributed by atoms with Crippen molar-refractivity contribution in [3.63, 3.8) is 0 Å². The molecule has 1 aliphatic rings. The number of halogens is 2. The molecule has 0 atom stereocenters. The molecule has 3 heterocycles. The maximum Gasteiger partial charge on any atom is 0.332 e. The van der Waals surface area contributed by atoms with E-state index in [4.69, 9.17) is 28.2 Å². The highest BCUT2D eigenvalue weighted by atomic mass is 35.5. The van der Waals surface area contributed by atoms with Gasteiger partial charge in [0.2, 0.25) is 0 Å². The minimum Gasteiger partial charge on any atom is -0.316 e. The Bertz CT molecular complexity index is 1780. The van der Waals surface area contributed by atoms with Crippen LogP contribution in [-0.2, 0) is 27.2 Å². The summed E-state index contributed by atoms with van der Waals surface area (Å²) in [5, 5.41) is 1.02. The number of benzene rings is 3. The first kappa shape index (κ1) is 28.4. The summed E-state index contributed by atoms with van der Waals surface area (Å²) in [5.41, 5.74) is 3.15. The summed E-state index contributed by atoms with van der Waals surface area (Å²) in [7, 11) is 3.12. The number of nitrogens with zero attached hydrogens (tertiary/aromatic N) is 6. The first-order valence-electron chi connectivity index (χ1n) is 14.0. The third-order valence-electron chi connectivity index (χ3n) is 8.17. The Morgan fingerprint density at radius 1 is 0.738 bits per heavy atom. The van der Waals surface area contributed by atoms with Gasteiger partial charge in [0.25, 0.3) is 5.56 Å². The summed E-state index contributed by atoms with van der Waals surface area (Å²) in [4.78, 5) is 35.8. The lowest BCUT2D eigenvalue weighted by atomic mass is 9.96. The van der Waals surface area contributed by atoms with Gasteiger partial charge in [-0.2, -0.15) is 0 Å². The monoisotopic (exact) mass is 602 g/mol. The van der Waals surface area contributed by atoms with Crippen molar-refractivity contribution in [1.82, 2.24) is 28.5 Å². The van der Waals surface area contributed by atoms with Gasteiger partial charge in [0.1, 0.15) is 5.82 Å². The molecule has 5 aromatic rings. The van der Waals surface area contributed by atoms with Crippen LogP contribution in [0.4, 0.5) is 0 Å². The number of hydrogen-bond acceptors (Lipinski definition) is 5. The van der Waals surface area contributed by atoms with Crippen LogP contribution in [-0.4, -0.2) is 54.7 Å². The topological polar surface area (TPSA) is 68.3 Å². The Labute approximate surface area is 254 Å². The molecule has 0 N–H and O–H groups in total. The van der Waals surface area contributed by atoms with E-state index in [-0.39, 0.29) is 12.6 Å². The van der Waals surface area contributed by atoms with Gasteiger partial charge in [-0.3, -0.25) is 23.7 Å². The number of aromatic nitrogens is 4. The van der Waals surface area contributed by atoms with E-state index in [2.05, 4.69) is 70.5 Å². The van der Waals surface area contributed by atoms with E-state index in [1.165, 1.54) is 22.7 Å². The van der Waals surface area contributed by atoms with E-state index in [9.17, 15) is 9.59 Å². The smallest absolute Gasteiger partial charge is 0.316 e. The highest BCUT2D eigenvalue weighted by Crippen LogP contribution is 2.30. The van der Waals surface area contributed by atoms with Crippen LogP contribution >= 0.6 is 23.2 Å². The van der Waals surface area contributed by atoms with Crippen LogP contribution in [0, 0.1) is 0 Å². The Kier molecular flexibility index (Phi) is 8.05. The van der Waals surface area contributed by atoms with Gasteiger partial charge in [0, 0.05) is 55.9 Å². The number of hydrogen-bond donors (Lipinski definition) is 0. The fraction of sp³-hybridized carbons (Fsp3) is 0.281.